The Morgan fingerprint density at radius 1 is 1.07 bits per heavy atom. The van der Waals surface area contributed by atoms with Gasteiger partial charge in [-0.3, -0.25) is 0 Å². The number of piperidine rings is 1. The number of methoxy groups -OCH3 is 1. The molecule has 0 atom stereocenters. The first-order chi connectivity index (χ1) is 12.9. The molecule has 2 aromatic rings. The minimum absolute atomic E-state index is 0.0334. The van der Waals surface area contributed by atoms with Crippen LogP contribution in [0.1, 0.15) is 23.2 Å². The van der Waals surface area contributed by atoms with E-state index < -0.39 is 16.0 Å². The fourth-order valence-corrected chi connectivity index (χ4v) is 4.78. The van der Waals surface area contributed by atoms with Crippen LogP contribution in [0, 0.1) is 0 Å². The van der Waals surface area contributed by atoms with Crippen LogP contribution in [0.2, 0.25) is 5.02 Å². The number of esters is 1. The van der Waals surface area contributed by atoms with Crippen molar-refractivity contribution in [2.45, 2.75) is 23.8 Å². The molecule has 3 rings (SSSR count). The molecule has 0 aliphatic carbocycles. The number of carbonyl (C=O) groups is 1. The molecular formula is C19H20ClNO5S. The van der Waals surface area contributed by atoms with Crippen molar-refractivity contribution in [1.82, 2.24) is 4.31 Å². The molecule has 0 unspecified atom stereocenters. The van der Waals surface area contributed by atoms with Crippen LogP contribution in [0.3, 0.4) is 0 Å². The molecule has 1 fully saturated rings. The molecule has 2 aromatic carbocycles. The Bertz CT molecular complexity index is 906. The van der Waals surface area contributed by atoms with Gasteiger partial charge in [-0.05, 0) is 49.2 Å². The minimum atomic E-state index is -3.79. The number of halogens is 1. The van der Waals surface area contributed by atoms with Crippen molar-refractivity contribution in [3.8, 4) is 5.75 Å². The molecule has 1 aliphatic rings. The number of nitrogens with zero attached hydrogens (tertiary/aromatic N) is 1. The molecule has 0 aromatic heterocycles. The lowest BCUT2D eigenvalue weighted by Gasteiger charge is -2.31. The molecule has 1 heterocycles. The van der Waals surface area contributed by atoms with Gasteiger partial charge < -0.3 is 9.47 Å². The van der Waals surface area contributed by atoms with Gasteiger partial charge in [0.2, 0.25) is 10.0 Å². The molecule has 0 N–H and O–H groups in total. The van der Waals surface area contributed by atoms with E-state index in [1.54, 1.807) is 36.4 Å². The lowest BCUT2D eigenvalue weighted by molar-refractivity contribution is 0.0596. The summed E-state index contributed by atoms with van der Waals surface area (Å²) >= 11 is 5.87. The van der Waals surface area contributed by atoms with E-state index in [1.165, 1.54) is 23.5 Å². The first-order valence-corrected chi connectivity index (χ1v) is 10.3. The topological polar surface area (TPSA) is 72.9 Å². The largest absolute Gasteiger partial charge is 0.490 e. The number of hydrogen-bond donors (Lipinski definition) is 0. The summed E-state index contributed by atoms with van der Waals surface area (Å²) in [5.41, 5.74) is 0.0412. The highest BCUT2D eigenvalue weighted by molar-refractivity contribution is 7.89. The van der Waals surface area contributed by atoms with Crippen LogP contribution in [-0.4, -0.2) is 45.0 Å². The highest BCUT2D eigenvalue weighted by Gasteiger charge is 2.32. The third kappa shape index (κ3) is 4.43. The lowest BCUT2D eigenvalue weighted by Crippen LogP contribution is -2.42. The molecule has 0 bridgehead atoms. The van der Waals surface area contributed by atoms with Crippen LogP contribution < -0.4 is 4.74 Å². The SMILES string of the molecule is COC(=O)c1ccccc1S(=O)(=O)N1CCC(Oc2ccc(Cl)cc2)CC1. The molecular weight excluding hydrogens is 390 g/mol. The maximum Gasteiger partial charge on any atom is 0.339 e. The summed E-state index contributed by atoms with van der Waals surface area (Å²) in [4.78, 5) is 11.9. The lowest BCUT2D eigenvalue weighted by atomic mass is 10.1. The number of carbonyl (C=O) groups excluding carboxylic acids is 1. The van der Waals surface area contributed by atoms with Crippen LogP contribution >= 0.6 is 11.6 Å². The second-order valence-corrected chi connectivity index (χ2v) is 8.51. The van der Waals surface area contributed by atoms with E-state index in [4.69, 9.17) is 21.1 Å². The highest BCUT2D eigenvalue weighted by atomic mass is 35.5. The van der Waals surface area contributed by atoms with Crippen LogP contribution in [0.4, 0.5) is 0 Å². The standard InChI is InChI=1S/C19H20ClNO5S/c1-25-19(22)17-4-2-3-5-18(17)27(23,24)21-12-10-16(11-13-21)26-15-8-6-14(20)7-9-15/h2-9,16H,10-13H2,1H3. The second kappa shape index (κ2) is 8.29. The van der Waals surface area contributed by atoms with Crippen LogP contribution in [-0.2, 0) is 14.8 Å². The van der Waals surface area contributed by atoms with Gasteiger partial charge in [-0.15, -0.1) is 0 Å². The van der Waals surface area contributed by atoms with Crippen LogP contribution in [0.25, 0.3) is 0 Å². The average molecular weight is 410 g/mol. The normalized spacial score (nSPS) is 16.1. The zero-order valence-corrected chi connectivity index (χ0v) is 16.4. The Morgan fingerprint density at radius 2 is 1.70 bits per heavy atom. The minimum Gasteiger partial charge on any atom is -0.490 e. The quantitative estimate of drug-likeness (QED) is 0.708. The van der Waals surface area contributed by atoms with E-state index in [1.807, 2.05) is 0 Å². The predicted octanol–water partition coefficient (Wildman–Crippen LogP) is 3.36. The summed E-state index contributed by atoms with van der Waals surface area (Å²) < 4.78 is 38.0. The number of sulfonamides is 1. The van der Waals surface area contributed by atoms with Gasteiger partial charge >= 0.3 is 5.97 Å². The average Bonchev–Trinajstić information content (AvgIpc) is 2.69. The van der Waals surface area contributed by atoms with Crippen molar-refractivity contribution < 1.29 is 22.7 Å². The zero-order valence-electron chi connectivity index (χ0n) is 14.8. The van der Waals surface area contributed by atoms with E-state index in [2.05, 4.69) is 0 Å². The van der Waals surface area contributed by atoms with Crippen molar-refractivity contribution >= 4 is 27.6 Å². The Kier molecular flexibility index (Phi) is 6.04. The molecule has 144 valence electrons. The van der Waals surface area contributed by atoms with Gasteiger partial charge in [-0.25, -0.2) is 13.2 Å². The van der Waals surface area contributed by atoms with E-state index >= 15 is 0 Å². The molecule has 6 nitrogen and oxygen atoms in total. The van der Waals surface area contributed by atoms with Crippen LogP contribution in [0.15, 0.2) is 53.4 Å². The number of rotatable bonds is 5. The van der Waals surface area contributed by atoms with E-state index in [9.17, 15) is 13.2 Å². The highest BCUT2D eigenvalue weighted by Crippen LogP contribution is 2.26. The summed E-state index contributed by atoms with van der Waals surface area (Å²) in [6, 6.07) is 13.2. The van der Waals surface area contributed by atoms with Gasteiger partial charge in [0.1, 0.15) is 11.9 Å². The van der Waals surface area contributed by atoms with Crippen molar-refractivity contribution in [3.05, 3.63) is 59.1 Å². The summed E-state index contributed by atoms with van der Waals surface area (Å²) in [5, 5.41) is 0.632. The van der Waals surface area contributed by atoms with Crippen LogP contribution in [0.5, 0.6) is 5.75 Å². The Balaban J connectivity index is 1.70. The molecule has 27 heavy (non-hydrogen) atoms. The van der Waals surface area contributed by atoms with Gasteiger partial charge in [0, 0.05) is 18.1 Å². The van der Waals surface area contributed by atoms with Gasteiger partial charge in [0.25, 0.3) is 0 Å². The summed E-state index contributed by atoms with van der Waals surface area (Å²) in [5.74, 6) is 0.0341. The summed E-state index contributed by atoms with van der Waals surface area (Å²) in [6.07, 6.45) is 1.04. The molecule has 0 radical (unpaired) electrons. The molecule has 1 saturated heterocycles. The fourth-order valence-electron chi connectivity index (χ4n) is 3.01. The van der Waals surface area contributed by atoms with Crippen molar-refractivity contribution in [2.24, 2.45) is 0 Å². The fraction of sp³-hybridized carbons (Fsp3) is 0.316. The monoisotopic (exact) mass is 409 g/mol. The Hall–Kier alpha value is -2.09. The van der Waals surface area contributed by atoms with Gasteiger partial charge in [-0.1, -0.05) is 23.7 Å². The first kappa shape index (κ1) is 19.7. The maximum absolute atomic E-state index is 13.0. The molecule has 0 saturated carbocycles. The zero-order chi connectivity index (χ0) is 19.4. The second-order valence-electron chi connectivity index (χ2n) is 6.16. The van der Waals surface area contributed by atoms with E-state index in [0.29, 0.717) is 36.7 Å². The van der Waals surface area contributed by atoms with Gasteiger partial charge in [-0.2, -0.15) is 4.31 Å². The first-order valence-electron chi connectivity index (χ1n) is 8.51. The molecule has 8 heteroatoms. The Labute approximate surface area is 163 Å². The van der Waals surface area contributed by atoms with Crippen molar-refractivity contribution in [3.63, 3.8) is 0 Å². The van der Waals surface area contributed by atoms with Crippen molar-refractivity contribution in [2.75, 3.05) is 20.2 Å². The summed E-state index contributed by atoms with van der Waals surface area (Å²) in [7, 11) is -2.56. The van der Waals surface area contributed by atoms with Gasteiger partial charge in [0.15, 0.2) is 0 Å². The molecule has 0 spiro atoms. The smallest absolute Gasteiger partial charge is 0.339 e. The summed E-state index contributed by atoms with van der Waals surface area (Å²) in [6.45, 7) is 0.631. The molecule has 1 aliphatic heterocycles. The predicted molar refractivity (Wildman–Crippen MR) is 102 cm³/mol. The number of hydrogen-bond acceptors (Lipinski definition) is 5. The van der Waals surface area contributed by atoms with Crippen molar-refractivity contribution in [1.29, 1.82) is 0 Å². The maximum atomic E-state index is 13.0. The van der Waals surface area contributed by atoms with E-state index in [-0.39, 0.29) is 16.6 Å². The van der Waals surface area contributed by atoms with Gasteiger partial charge in [0.05, 0.1) is 17.6 Å². The van der Waals surface area contributed by atoms with E-state index in [0.717, 1.165) is 0 Å². The third-order valence-corrected chi connectivity index (χ3v) is 6.64. The molecule has 0 amide bonds. The number of benzene rings is 2. The number of ether oxygens (including phenoxy) is 2. The third-order valence-electron chi connectivity index (χ3n) is 4.43. The Morgan fingerprint density at radius 3 is 2.33 bits per heavy atom.